The van der Waals surface area contributed by atoms with Crippen LogP contribution in [0.5, 0.6) is 0 Å². The van der Waals surface area contributed by atoms with Crippen molar-refractivity contribution in [1.82, 2.24) is 0 Å². The van der Waals surface area contributed by atoms with Gasteiger partial charge in [0.1, 0.15) is 10.3 Å². The Morgan fingerprint density at radius 3 is 2.75 bits per heavy atom. The Hall–Kier alpha value is -2.11. The Kier molecular flexibility index (Phi) is 3.90. The maximum Gasteiger partial charge on any atom is 0.321 e. The van der Waals surface area contributed by atoms with E-state index in [0.29, 0.717) is 10.1 Å². The molecule has 2 atom stereocenters. The highest BCUT2D eigenvalue weighted by molar-refractivity contribution is 8.15. The fourth-order valence-corrected chi connectivity index (χ4v) is 3.69. The topological polar surface area (TPSA) is 51.0 Å². The third-order valence-corrected chi connectivity index (χ3v) is 5.12. The van der Waals surface area contributed by atoms with Crippen LogP contribution in [-0.2, 0) is 9.53 Å². The van der Waals surface area contributed by atoms with E-state index in [1.807, 2.05) is 42.5 Å². The lowest BCUT2D eigenvalue weighted by Crippen LogP contribution is -2.35. The van der Waals surface area contributed by atoms with Gasteiger partial charge in [-0.2, -0.15) is 0 Å². The highest BCUT2D eigenvalue weighted by atomic mass is 35.5. The van der Waals surface area contributed by atoms with Gasteiger partial charge in [-0.15, -0.1) is 0 Å². The van der Waals surface area contributed by atoms with E-state index in [4.69, 9.17) is 26.3 Å². The first-order chi connectivity index (χ1) is 11.6. The van der Waals surface area contributed by atoms with E-state index in [1.54, 1.807) is 13.0 Å². The number of fused-ring (bicyclic) bond motifs is 2. The molecule has 0 radical (unpaired) electrons. The standard InChI is InChI=1S/C18H13ClN2O2S/c1-10-18(22)23-16-17(24-10)20-14-8-7-12(19)9-13(14)15(21-16)11-5-3-2-4-6-11/h2-10,16H,1H3. The summed E-state index contributed by atoms with van der Waals surface area (Å²) in [7, 11) is 0. The second-order valence-corrected chi connectivity index (χ2v) is 7.30. The van der Waals surface area contributed by atoms with Crippen LogP contribution >= 0.6 is 23.4 Å². The van der Waals surface area contributed by atoms with Crippen molar-refractivity contribution in [3.63, 3.8) is 0 Å². The Bertz CT molecular complexity index is 880. The molecule has 0 aromatic heterocycles. The lowest BCUT2D eigenvalue weighted by atomic mass is 10.0. The molecular weight excluding hydrogens is 344 g/mol. The smallest absolute Gasteiger partial charge is 0.321 e. The van der Waals surface area contributed by atoms with E-state index in [2.05, 4.69) is 0 Å². The minimum Gasteiger partial charge on any atom is -0.432 e. The number of carbonyl (C=O) groups is 1. The Labute approximate surface area is 148 Å². The zero-order chi connectivity index (χ0) is 16.7. The van der Waals surface area contributed by atoms with Crippen LogP contribution in [0.1, 0.15) is 18.1 Å². The second kappa shape index (κ2) is 6.07. The molecule has 4 nitrogen and oxygen atoms in total. The van der Waals surface area contributed by atoms with E-state index >= 15 is 0 Å². The van der Waals surface area contributed by atoms with Crippen molar-refractivity contribution >= 4 is 45.8 Å². The van der Waals surface area contributed by atoms with E-state index in [-0.39, 0.29) is 11.2 Å². The number of nitrogens with zero attached hydrogens (tertiary/aromatic N) is 2. The van der Waals surface area contributed by atoms with Crippen molar-refractivity contribution in [3.8, 4) is 0 Å². The number of halogens is 1. The summed E-state index contributed by atoms with van der Waals surface area (Å²) < 4.78 is 5.48. The molecule has 1 fully saturated rings. The van der Waals surface area contributed by atoms with Crippen molar-refractivity contribution < 1.29 is 9.53 Å². The molecular formula is C18H13ClN2O2S. The summed E-state index contributed by atoms with van der Waals surface area (Å²) in [4.78, 5) is 21.3. The van der Waals surface area contributed by atoms with Gasteiger partial charge in [-0.1, -0.05) is 53.7 Å². The molecule has 120 valence electrons. The van der Waals surface area contributed by atoms with Gasteiger partial charge in [-0.25, -0.2) is 9.98 Å². The van der Waals surface area contributed by atoms with Crippen molar-refractivity contribution in [3.05, 3.63) is 64.7 Å². The van der Waals surface area contributed by atoms with Gasteiger partial charge in [-0.05, 0) is 25.1 Å². The lowest BCUT2D eigenvalue weighted by molar-refractivity contribution is -0.145. The third kappa shape index (κ3) is 2.74. The van der Waals surface area contributed by atoms with Gasteiger partial charge in [0.15, 0.2) is 0 Å². The van der Waals surface area contributed by atoms with Crippen molar-refractivity contribution in [2.75, 3.05) is 0 Å². The zero-order valence-electron chi connectivity index (χ0n) is 12.8. The Balaban J connectivity index is 1.92. The molecule has 24 heavy (non-hydrogen) atoms. The quantitative estimate of drug-likeness (QED) is 0.718. The summed E-state index contributed by atoms with van der Waals surface area (Å²) in [5, 5.41) is 1.02. The second-order valence-electron chi connectivity index (χ2n) is 5.50. The number of carbonyl (C=O) groups excluding carboxylic acids is 1. The Morgan fingerprint density at radius 1 is 1.17 bits per heavy atom. The van der Waals surface area contributed by atoms with Gasteiger partial charge >= 0.3 is 5.97 Å². The summed E-state index contributed by atoms with van der Waals surface area (Å²) in [5.41, 5.74) is 3.26. The van der Waals surface area contributed by atoms with Gasteiger partial charge in [0.25, 0.3) is 0 Å². The first-order valence-corrected chi connectivity index (χ1v) is 8.76. The number of rotatable bonds is 1. The van der Waals surface area contributed by atoms with Crippen molar-refractivity contribution in [2.24, 2.45) is 9.98 Å². The van der Waals surface area contributed by atoms with Crippen LogP contribution in [0.3, 0.4) is 0 Å². The van der Waals surface area contributed by atoms with Crippen LogP contribution in [0.4, 0.5) is 5.69 Å². The summed E-state index contributed by atoms with van der Waals surface area (Å²) >= 11 is 7.58. The molecule has 2 aliphatic heterocycles. The number of esters is 1. The molecule has 0 N–H and O–H groups in total. The van der Waals surface area contributed by atoms with E-state index < -0.39 is 6.23 Å². The number of benzene rings is 2. The molecule has 4 rings (SSSR count). The summed E-state index contributed by atoms with van der Waals surface area (Å²) in [5.74, 6) is -0.274. The van der Waals surface area contributed by atoms with E-state index in [9.17, 15) is 4.79 Å². The minimum atomic E-state index is -0.708. The largest absolute Gasteiger partial charge is 0.432 e. The summed E-state index contributed by atoms with van der Waals surface area (Å²) in [6.07, 6.45) is -0.708. The maximum absolute atomic E-state index is 11.9. The molecule has 0 spiro atoms. The van der Waals surface area contributed by atoms with Crippen LogP contribution < -0.4 is 0 Å². The van der Waals surface area contributed by atoms with Crippen LogP contribution in [0.2, 0.25) is 5.02 Å². The van der Waals surface area contributed by atoms with Gasteiger partial charge < -0.3 is 4.74 Å². The van der Waals surface area contributed by atoms with Crippen molar-refractivity contribution in [2.45, 2.75) is 18.4 Å². The van der Waals surface area contributed by atoms with Gasteiger partial charge in [0, 0.05) is 16.1 Å². The average molecular weight is 357 g/mol. The number of hydrogen-bond acceptors (Lipinski definition) is 5. The Morgan fingerprint density at radius 2 is 1.96 bits per heavy atom. The lowest BCUT2D eigenvalue weighted by Gasteiger charge is -2.24. The molecule has 1 saturated heterocycles. The number of ether oxygens (including phenoxy) is 1. The van der Waals surface area contributed by atoms with Crippen LogP contribution in [0, 0.1) is 0 Å². The minimum absolute atomic E-state index is 0.274. The molecule has 6 heteroatoms. The molecule has 0 bridgehead atoms. The molecule has 0 saturated carbocycles. The van der Waals surface area contributed by atoms with Crippen LogP contribution in [0.25, 0.3) is 0 Å². The average Bonchev–Trinajstić information content (AvgIpc) is 2.73. The molecule has 0 amide bonds. The van der Waals surface area contributed by atoms with Gasteiger partial charge in [0.2, 0.25) is 6.23 Å². The predicted molar refractivity (Wildman–Crippen MR) is 97.6 cm³/mol. The number of hydrogen-bond donors (Lipinski definition) is 0. The molecule has 2 heterocycles. The monoisotopic (exact) mass is 356 g/mol. The van der Waals surface area contributed by atoms with Gasteiger partial charge in [-0.3, -0.25) is 4.79 Å². The first kappa shape index (κ1) is 15.4. The summed E-state index contributed by atoms with van der Waals surface area (Å²) in [6, 6.07) is 15.3. The normalized spacial score (nSPS) is 22.5. The van der Waals surface area contributed by atoms with Crippen molar-refractivity contribution in [1.29, 1.82) is 0 Å². The van der Waals surface area contributed by atoms with E-state index in [0.717, 1.165) is 22.5 Å². The fourth-order valence-electron chi connectivity index (χ4n) is 2.63. The number of aliphatic imine (C=N–C) groups is 2. The molecule has 2 unspecified atom stereocenters. The highest BCUT2D eigenvalue weighted by Crippen LogP contribution is 2.35. The molecule has 2 aromatic rings. The summed E-state index contributed by atoms with van der Waals surface area (Å²) in [6.45, 7) is 1.81. The molecule has 2 aromatic carbocycles. The highest BCUT2D eigenvalue weighted by Gasteiger charge is 2.35. The van der Waals surface area contributed by atoms with E-state index in [1.165, 1.54) is 11.8 Å². The van der Waals surface area contributed by atoms with Crippen LogP contribution in [0.15, 0.2) is 58.5 Å². The van der Waals surface area contributed by atoms with Crippen LogP contribution in [-0.4, -0.2) is 28.2 Å². The first-order valence-electron chi connectivity index (χ1n) is 7.51. The van der Waals surface area contributed by atoms with Gasteiger partial charge in [0.05, 0.1) is 11.4 Å². The SMILES string of the molecule is CC1SC2=Nc3ccc(Cl)cc3C(c3ccccc3)=NC2OC1=O. The zero-order valence-corrected chi connectivity index (χ0v) is 14.3. The number of thioether (sulfide) groups is 1. The molecule has 0 aliphatic carbocycles. The third-order valence-electron chi connectivity index (χ3n) is 3.81. The molecule has 2 aliphatic rings. The predicted octanol–water partition coefficient (Wildman–Crippen LogP) is 4.23. The maximum atomic E-state index is 11.9. The fraction of sp³-hybridized carbons (Fsp3) is 0.167.